The lowest BCUT2D eigenvalue weighted by Gasteiger charge is -2.22. The molecule has 0 radical (unpaired) electrons. The van der Waals surface area contributed by atoms with E-state index in [9.17, 15) is 4.79 Å². The maximum atomic E-state index is 12.6. The Labute approximate surface area is 161 Å². The van der Waals surface area contributed by atoms with Crippen molar-refractivity contribution in [2.24, 2.45) is 0 Å². The normalized spacial score (nSPS) is 15.7. The molecule has 1 aromatic heterocycles. The monoisotopic (exact) mass is 360 g/mol. The molecule has 1 aliphatic rings. The van der Waals surface area contributed by atoms with Gasteiger partial charge in [0.15, 0.2) is 0 Å². The zero-order valence-electron chi connectivity index (χ0n) is 16.4. The summed E-state index contributed by atoms with van der Waals surface area (Å²) in [6.45, 7) is 6.67. The molecule has 3 nitrogen and oxygen atoms in total. The van der Waals surface area contributed by atoms with Gasteiger partial charge in [-0.2, -0.15) is 0 Å². The first-order valence-corrected chi connectivity index (χ1v) is 9.87. The minimum atomic E-state index is 0.0499. The van der Waals surface area contributed by atoms with Crippen molar-refractivity contribution in [1.82, 2.24) is 10.3 Å². The fourth-order valence-corrected chi connectivity index (χ4v) is 3.70. The lowest BCUT2D eigenvalue weighted by atomic mass is 9.83. The summed E-state index contributed by atoms with van der Waals surface area (Å²) in [5, 5.41) is 4.35. The Morgan fingerprint density at radius 1 is 1.11 bits per heavy atom. The fourth-order valence-electron chi connectivity index (χ4n) is 3.70. The van der Waals surface area contributed by atoms with Crippen LogP contribution in [0.15, 0.2) is 54.7 Å². The molecule has 140 valence electrons. The topological polar surface area (TPSA) is 44.9 Å². The van der Waals surface area contributed by atoms with Crippen LogP contribution in [0.25, 0.3) is 10.9 Å². The Morgan fingerprint density at radius 2 is 1.81 bits per heavy atom. The number of aromatic amines is 1. The van der Waals surface area contributed by atoms with Crippen LogP contribution in [-0.4, -0.2) is 16.9 Å². The zero-order valence-corrected chi connectivity index (χ0v) is 16.4. The van der Waals surface area contributed by atoms with Crippen molar-refractivity contribution < 1.29 is 4.79 Å². The Morgan fingerprint density at radius 3 is 2.48 bits per heavy atom. The van der Waals surface area contributed by atoms with Gasteiger partial charge in [0.05, 0.1) is 0 Å². The Hall–Kier alpha value is -2.55. The molecule has 27 heavy (non-hydrogen) atoms. The molecule has 1 aliphatic carbocycles. The number of hydrogen-bond acceptors (Lipinski definition) is 1. The van der Waals surface area contributed by atoms with Gasteiger partial charge in [0.1, 0.15) is 0 Å². The Bertz CT molecular complexity index is 942. The molecular formula is C24H28N2O. The number of para-hydroxylation sites is 1. The number of aromatic nitrogens is 1. The molecule has 0 spiro atoms. The van der Waals surface area contributed by atoms with Crippen LogP contribution in [0, 0.1) is 0 Å². The van der Waals surface area contributed by atoms with Crippen LogP contribution >= 0.6 is 0 Å². The standard InChI is InChI=1S/C24H28N2O/c1-24(2,3)17-10-8-16(9-11-17)20(14-23(27)26-18-12-13-18)21-15-25-22-7-5-4-6-19(21)22/h4-11,15,18,20,25H,12-14H2,1-3H3,(H,26,27)/t20-/m0/s1. The summed E-state index contributed by atoms with van der Waals surface area (Å²) in [4.78, 5) is 16.0. The third-order valence-electron chi connectivity index (χ3n) is 5.51. The average molecular weight is 361 g/mol. The molecule has 1 heterocycles. The number of amides is 1. The third-order valence-corrected chi connectivity index (χ3v) is 5.51. The van der Waals surface area contributed by atoms with Gasteiger partial charge in [-0.25, -0.2) is 0 Å². The largest absolute Gasteiger partial charge is 0.361 e. The minimum Gasteiger partial charge on any atom is -0.361 e. The van der Waals surface area contributed by atoms with Crippen molar-refractivity contribution in [2.75, 3.05) is 0 Å². The first-order valence-electron chi connectivity index (χ1n) is 9.87. The van der Waals surface area contributed by atoms with E-state index in [0.717, 1.165) is 18.4 Å². The van der Waals surface area contributed by atoms with E-state index in [1.807, 2.05) is 6.07 Å². The van der Waals surface area contributed by atoms with Gasteiger partial charge in [0.25, 0.3) is 0 Å². The van der Waals surface area contributed by atoms with Crippen LogP contribution in [0.4, 0.5) is 0 Å². The van der Waals surface area contributed by atoms with Gasteiger partial charge in [-0.05, 0) is 41.0 Å². The maximum absolute atomic E-state index is 12.6. The molecule has 4 rings (SSSR count). The Kier molecular flexibility index (Phi) is 4.55. The number of benzene rings is 2. The van der Waals surface area contributed by atoms with Crippen LogP contribution in [0.5, 0.6) is 0 Å². The van der Waals surface area contributed by atoms with Gasteiger partial charge in [0.2, 0.25) is 5.91 Å². The van der Waals surface area contributed by atoms with Crippen LogP contribution in [0.2, 0.25) is 0 Å². The van der Waals surface area contributed by atoms with E-state index in [-0.39, 0.29) is 17.2 Å². The molecule has 0 unspecified atom stereocenters. The van der Waals surface area contributed by atoms with E-state index in [2.05, 4.69) is 79.7 Å². The highest BCUT2D eigenvalue weighted by Crippen LogP contribution is 2.35. The van der Waals surface area contributed by atoms with Gasteiger partial charge >= 0.3 is 0 Å². The highest BCUT2D eigenvalue weighted by molar-refractivity contribution is 5.86. The van der Waals surface area contributed by atoms with Crippen molar-refractivity contribution in [3.8, 4) is 0 Å². The number of H-pyrrole nitrogens is 1. The predicted molar refractivity (Wildman–Crippen MR) is 111 cm³/mol. The zero-order chi connectivity index (χ0) is 19.0. The van der Waals surface area contributed by atoms with Crippen LogP contribution in [0.3, 0.4) is 0 Å². The van der Waals surface area contributed by atoms with E-state index >= 15 is 0 Å². The molecular weight excluding hydrogens is 332 g/mol. The number of carbonyl (C=O) groups is 1. The van der Waals surface area contributed by atoms with E-state index in [0.29, 0.717) is 12.5 Å². The smallest absolute Gasteiger partial charge is 0.221 e. The second-order valence-electron chi connectivity index (χ2n) is 8.76. The summed E-state index contributed by atoms with van der Waals surface area (Å²) >= 11 is 0. The van der Waals surface area contributed by atoms with Crippen molar-refractivity contribution in [1.29, 1.82) is 0 Å². The molecule has 1 atom stereocenters. The highest BCUT2D eigenvalue weighted by Gasteiger charge is 2.27. The first-order chi connectivity index (χ1) is 12.9. The lowest BCUT2D eigenvalue weighted by molar-refractivity contribution is -0.121. The molecule has 1 amide bonds. The molecule has 3 aromatic rings. The highest BCUT2D eigenvalue weighted by atomic mass is 16.1. The summed E-state index contributed by atoms with van der Waals surface area (Å²) in [5.41, 5.74) is 4.94. The van der Waals surface area contributed by atoms with Gasteiger partial charge in [-0.1, -0.05) is 63.2 Å². The van der Waals surface area contributed by atoms with Crippen LogP contribution in [0.1, 0.15) is 62.6 Å². The summed E-state index contributed by atoms with van der Waals surface area (Å²) < 4.78 is 0. The molecule has 0 saturated heterocycles. The lowest BCUT2D eigenvalue weighted by Crippen LogP contribution is -2.27. The van der Waals surface area contributed by atoms with Crippen molar-refractivity contribution in [3.05, 3.63) is 71.4 Å². The summed E-state index contributed by atoms with van der Waals surface area (Å²) in [5.74, 6) is 0.196. The summed E-state index contributed by atoms with van der Waals surface area (Å²) in [6.07, 6.45) is 4.78. The molecule has 2 aromatic carbocycles. The summed E-state index contributed by atoms with van der Waals surface area (Å²) in [7, 11) is 0. The van der Waals surface area contributed by atoms with Crippen molar-refractivity contribution >= 4 is 16.8 Å². The molecule has 0 bridgehead atoms. The third kappa shape index (κ3) is 3.92. The number of carbonyl (C=O) groups excluding carboxylic acids is 1. The molecule has 2 N–H and O–H groups in total. The van der Waals surface area contributed by atoms with Gasteiger partial charge in [-0.15, -0.1) is 0 Å². The second kappa shape index (κ2) is 6.88. The Balaban J connectivity index is 1.70. The van der Waals surface area contributed by atoms with E-state index in [1.54, 1.807) is 0 Å². The van der Waals surface area contributed by atoms with Gasteiger partial charge in [0, 0.05) is 35.5 Å². The number of rotatable bonds is 5. The quantitative estimate of drug-likeness (QED) is 0.640. The number of fused-ring (bicyclic) bond motifs is 1. The molecule has 1 fully saturated rings. The average Bonchev–Trinajstić information content (AvgIpc) is 3.35. The van der Waals surface area contributed by atoms with Crippen molar-refractivity contribution in [2.45, 2.75) is 57.4 Å². The number of nitrogens with one attached hydrogen (secondary N) is 2. The number of hydrogen-bond donors (Lipinski definition) is 2. The van der Waals surface area contributed by atoms with Crippen LogP contribution in [-0.2, 0) is 10.2 Å². The van der Waals surface area contributed by atoms with E-state index in [1.165, 1.54) is 22.1 Å². The van der Waals surface area contributed by atoms with Crippen LogP contribution < -0.4 is 5.32 Å². The van der Waals surface area contributed by atoms with Gasteiger partial charge in [-0.3, -0.25) is 4.79 Å². The summed E-state index contributed by atoms with van der Waals surface area (Å²) in [6, 6.07) is 17.5. The maximum Gasteiger partial charge on any atom is 0.221 e. The second-order valence-corrected chi connectivity index (χ2v) is 8.76. The van der Waals surface area contributed by atoms with E-state index in [4.69, 9.17) is 0 Å². The molecule has 0 aliphatic heterocycles. The minimum absolute atomic E-state index is 0.0499. The molecule has 1 saturated carbocycles. The van der Waals surface area contributed by atoms with E-state index < -0.39 is 0 Å². The van der Waals surface area contributed by atoms with Crippen molar-refractivity contribution in [3.63, 3.8) is 0 Å². The fraction of sp³-hybridized carbons (Fsp3) is 0.375. The van der Waals surface area contributed by atoms with Gasteiger partial charge < -0.3 is 10.3 Å². The predicted octanol–water partition coefficient (Wildman–Crippen LogP) is 5.27. The SMILES string of the molecule is CC(C)(C)c1ccc([C@H](CC(=O)NC2CC2)c2c[nH]c3ccccc23)cc1. The molecule has 3 heteroatoms. The first kappa shape index (κ1) is 17.8.